The fourth-order valence-corrected chi connectivity index (χ4v) is 0.733. The van der Waals surface area contributed by atoms with Gasteiger partial charge in [0.1, 0.15) is 0 Å². The maximum atomic E-state index is 11.1. The predicted molar refractivity (Wildman–Crippen MR) is 53.5 cm³/mol. The third-order valence-corrected chi connectivity index (χ3v) is 2.17. The highest BCUT2D eigenvalue weighted by molar-refractivity contribution is 7.81. The number of esters is 1. The molecule has 0 aromatic rings. The van der Waals surface area contributed by atoms with Crippen molar-refractivity contribution in [3.05, 3.63) is 0 Å². The Morgan fingerprint density at radius 1 is 1.50 bits per heavy atom. The topological polar surface area (TPSA) is 26.3 Å². The van der Waals surface area contributed by atoms with Crippen LogP contribution in [0.1, 0.15) is 33.6 Å². The van der Waals surface area contributed by atoms with Gasteiger partial charge in [-0.1, -0.05) is 20.8 Å². The molecule has 72 valence electrons. The summed E-state index contributed by atoms with van der Waals surface area (Å²) in [6.45, 7) is 6.65. The summed E-state index contributed by atoms with van der Waals surface area (Å²) in [6.07, 6.45) is 1.65. The molecule has 0 aliphatic carbocycles. The SMILES string of the molecule is CCC(S)C(=O)OCCC(C)C. The fraction of sp³-hybridized carbons (Fsp3) is 0.889. The average Bonchev–Trinajstić information content (AvgIpc) is 2.02. The van der Waals surface area contributed by atoms with E-state index in [0.29, 0.717) is 12.5 Å². The standard InChI is InChI=1S/C9H18O2S/c1-4-8(12)9(10)11-6-5-7(2)3/h7-8,12H,4-6H2,1-3H3. The van der Waals surface area contributed by atoms with Crippen LogP contribution in [0.25, 0.3) is 0 Å². The number of carbonyl (C=O) groups is 1. The first-order chi connectivity index (χ1) is 5.57. The van der Waals surface area contributed by atoms with E-state index in [4.69, 9.17) is 4.74 Å². The second-order valence-electron chi connectivity index (χ2n) is 3.27. The average molecular weight is 190 g/mol. The molecule has 0 rings (SSSR count). The largest absolute Gasteiger partial charge is 0.465 e. The molecule has 3 heteroatoms. The summed E-state index contributed by atoms with van der Waals surface area (Å²) in [4.78, 5) is 11.1. The Kier molecular flexibility index (Phi) is 6.25. The molecule has 0 aliphatic rings. The molecule has 0 aliphatic heterocycles. The summed E-state index contributed by atoms with van der Waals surface area (Å²) in [7, 11) is 0. The van der Waals surface area contributed by atoms with E-state index in [0.717, 1.165) is 12.8 Å². The molecule has 0 fully saturated rings. The molecule has 0 amide bonds. The second-order valence-corrected chi connectivity index (χ2v) is 3.90. The van der Waals surface area contributed by atoms with Crippen LogP contribution < -0.4 is 0 Å². The van der Waals surface area contributed by atoms with Crippen molar-refractivity contribution in [3.8, 4) is 0 Å². The van der Waals surface area contributed by atoms with Crippen LogP contribution >= 0.6 is 12.6 Å². The normalized spacial score (nSPS) is 13.1. The number of carbonyl (C=O) groups excluding carboxylic acids is 1. The lowest BCUT2D eigenvalue weighted by Gasteiger charge is -2.09. The zero-order chi connectivity index (χ0) is 9.56. The van der Waals surface area contributed by atoms with Gasteiger partial charge in [-0.15, -0.1) is 0 Å². The van der Waals surface area contributed by atoms with Crippen molar-refractivity contribution >= 4 is 18.6 Å². The van der Waals surface area contributed by atoms with Gasteiger partial charge < -0.3 is 4.74 Å². The number of hydrogen-bond donors (Lipinski definition) is 1. The molecule has 1 unspecified atom stereocenters. The molecule has 0 heterocycles. The molecular weight excluding hydrogens is 172 g/mol. The minimum absolute atomic E-state index is 0.193. The Labute approximate surface area is 80.1 Å². The number of thiol groups is 1. The van der Waals surface area contributed by atoms with E-state index >= 15 is 0 Å². The van der Waals surface area contributed by atoms with Crippen molar-refractivity contribution in [2.75, 3.05) is 6.61 Å². The van der Waals surface area contributed by atoms with E-state index in [2.05, 4.69) is 26.5 Å². The Hall–Kier alpha value is -0.180. The number of rotatable bonds is 5. The first-order valence-corrected chi connectivity index (χ1v) is 4.94. The highest BCUT2D eigenvalue weighted by Gasteiger charge is 2.12. The van der Waals surface area contributed by atoms with E-state index in [9.17, 15) is 4.79 Å². The minimum atomic E-state index is -0.253. The van der Waals surface area contributed by atoms with Gasteiger partial charge in [0, 0.05) is 0 Å². The Morgan fingerprint density at radius 3 is 2.50 bits per heavy atom. The molecule has 12 heavy (non-hydrogen) atoms. The highest BCUT2D eigenvalue weighted by Crippen LogP contribution is 2.05. The maximum absolute atomic E-state index is 11.1. The summed E-state index contributed by atoms with van der Waals surface area (Å²) in [6, 6.07) is 0. The van der Waals surface area contributed by atoms with Crippen molar-refractivity contribution in [2.45, 2.75) is 38.9 Å². The van der Waals surface area contributed by atoms with Crippen molar-refractivity contribution in [3.63, 3.8) is 0 Å². The molecule has 0 spiro atoms. The van der Waals surface area contributed by atoms with Gasteiger partial charge >= 0.3 is 5.97 Å². The van der Waals surface area contributed by atoms with Gasteiger partial charge in [-0.2, -0.15) is 12.6 Å². The summed E-state index contributed by atoms with van der Waals surface area (Å²) < 4.78 is 4.99. The van der Waals surface area contributed by atoms with Gasteiger partial charge in [-0.3, -0.25) is 4.79 Å². The molecule has 2 nitrogen and oxygen atoms in total. The molecule has 0 aromatic carbocycles. The lowest BCUT2D eigenvalue weighted by molar-refractivity contribution is -0.143. The first-order valence-electron chi connectivity index (χ1n) is 4.42. The van der Waals surface area contributed by atoms with E-state index in [-0.39, 0.29) is 11.2 Å². The first kappa shape index (κ1) is 11.8. The molecule has 1 atom stereocenters. The molecule has 0 aromatic heterocycles. The van der Waals surface area contributed by atoms with Crippen LogP contribution in [0.3, 0.4) is 0 Å². The molecule has 0 saturated heterocycles. The van der Waals surface area contributed by atoms with Crippen LogP contribution in [0.5, 0.6) is 0 Å². The van der Waals surface area contributed by atoms with Crippen LogP contribution in [-0.4, -0.2) is 17.8 Å². The quantitative estimate of drug-likeness (QED) is 0.532. The summed E-state index contributed by atoms with van der Waals surface area (Å²) >= 11 is 4.08. The van der Waals surface area contributed by atoms with Crippen LogP contribution in [0, 0.1) is 5.92 Å². The van der Waals surface area contributed by atoms with E-state index in [1.165, 1.54) is 0 Å². The van der Waals surface area contributed by atoms with E-state index in [1.807, 2.05) is 6.92 Å². The van der Waals surface area contributed by atoms with Crippen LogP contribution in [0.2, 0.25) is 0 Å². The molecule has 0 bridgehead atoms. The maximum Gasteiger partial charge on any atom is 0.318 e. The minimum Gasteiger partial charge on any atom is -0.465 e. The molecule has 0 N–H and O–H groups in total. The third-order valence-electron chi connectivity index (χ3n) is 1.60. The van der Waals surface area contributed by atoms with Gasteiger partial charge in [-0.05, 0) is 18.8 Å². The van der Waals surface area contributed by atoms with Crippen LogP contribution in [0.4, 0.5) is 0 Å². The molecule has 0 radical (unpaired) electrons. The zero-order valence-corrected chi connectivity index (χ0v) is 8.93. The Morgan fingerprint density at radius 2 is 2.08 bits per heavy atom. The number of hydrogen-bond acceptors (Lipinski definition) is 3. The van der Waals surface area contributed by atoms with Crippen molar-refractivity contribution < 1.29 is 9.53 Å². The monoisotopic (exact) mass is 190 g/mol. The van der Waals surface area contributed by atoms with E-state index < -0.39 is 0 Å². The van der Waals surface area contributed by atoms with Crippen LogP contribution in [-0.2, 0) is 9.53 Å². The van der Waals surface area contributed by atoms with Crippen molar-refractivity contribution in [1.82, 2.24) is 0 Å². The Bertz CT molecular complexity index is 134. The van der Waals surface area contributed by atoms with Gasteiger partial charge in [-0.25, -0.2) is 0 Å². The molecule has 0 saturated carbocycles. The zero-order valence-electron chi connectivity index (χ0n) is 8.04. The van der Waals surface area contributed by atoms with Crippen molar-refractivity contribution in [2.24, 2.45) is 5.92 Å². The van der Waals surface area contributed by atoms with Gasteiger partial charge in [0.15, 0.2) is 0 Å². The lowest BCUT2D eigenvalue weighted by Crippen LogP contribution is -2.18. The van der Waals surface area contributed by atoms with Gasteiger partial charge in [0.25, 0.3) is 0 Å². The molecular formula is C9H18O2S. The van der Waals surface area contributed by atoms with E-state index in [1.54, 1.807) is 0 Å². The third kappa shape index (κ3) is 5.47. The number of ether oxygens (including phenoxy) is 1. The fourth-order valence-electron chi connectivity index (χ4n) is 0.658. The van der Waals surface area contributed by atoms with Gasteiger partial charge in [0.05, 0.1) is 11.9 Å². The lowest BCUT2D eigenvalue weighted by atomic mass is 10.1. The highest BCUT2D eigenvalue weighted by atomic mass is 32.1. The van der Waals surface area contributed by atoms with Crippen molar-refractivity contribution in [1.29, 1.82) is 0 Å². The summed E-state index contributed by atoms with van der Waals surface area (Å²) in [5.41, 5.74) is 0. The summed E-state index contributed by atoms with van der Waals surface area (Å²) in [5, 5.41) is -0.253. The van der Waals surface area contributed by atoms with Crippen LogP contribution in [0.15, 0.2) is 0 Å². The predicted octanol–water partition coefficient (Wildman–Crippen LogP) is 2.28. The van der Waals surface area contributed by atoms with Gasteiger partial charge in [0.2, 0.25) is 0 Å². The summed E-state index contributed by atoms with van der Waals surface area (Å²) in [5.74, 6) is 0.388. The second kappa shape index (κ2) is 6.35. The Balaban J connectivity index is 3.44. The smallest absolute Gasteiger partial charge is 0.318 e.